The van der Waals surface area contributed by atoms with E-state index in [1.54, 1.807) is 0 Å². The van der Waals surface area contributed by atoms with Gasteiger partial charge in [0.2, 0.25) is 0 Å². The average molecular weight is 277 g/mol. The molecule has 0 bridgehead atoms. The van der Waals surface area contributed by atoms with Gasteiger partial charge in [0.05, 0.1) is 5.56 Å². The van der Waals surface area contributed by atoms with Crippen LogP contribution in [0.15, 0.2) is 18.2 Å². The highest BCUT2D eigenvalue weighted by Crippen LogP contribution is 2.16. The SMILES string of the molecule is CCC(C)N(C)CCNC(=O)c1cc(C)ccc1NC. The molecule has 0 saturated carbocycles. The molecule has 0 fully saturated rings. The molecular formula is C16H27N3O. The lowest BCUT2D eigenvalue weighted by atomic mass is 10.1. The maximum Gasteiger partial charge on any atom is 0.253 e. The second-order valence-corrected chi connectivity index (χ2v) is 5.29. The van der Waals surface area contributed by atoms with Crippen LogP contribution in [0.5, 0.6) is 0 Å². The number of benzene rings is 1. The van der Waals surface area contributed by atoms with E-state index in [1.165, 1.54) is 0 Å². The molecule has 0 saturated heterocycles. The Morgan fingerprint density at radius 3 is 2.70 bits per heavy atom. The molecule has 112 valence electrons. The van der Waals surface area contributed by atoms with Gasteiger partial charge in [0.25, 0.3) is 5.91 Å². The van der Waals surface area contributed by atoms with Crippen LogP contribution >= 0.6 is 0 Å². The Morgan fingerprint density at radius 2 is 2.10 bits per heavy atom. The summed E-state index contributed by atoms with van der Waals surface area (Å²) < 4.78 is 0. The second-order valence-electron chi connectivity index (χ2n) is 5.29. The van der Waals surface area contributed by atoms with Crippen LogP contribution in [0.4, 0.5) is 5.69 Å². The van der Waals surface area contributed by atoms with Crippen molar-refractivity contribution in [3.05, 3.63) is 29.3 Å². The molecule has 4 nitrogen and oxygen atoms in total. The molecule has 0 aromatic heterocycles. The predicted octanol–water partition coefficient (Wildman–Crippen LogP) is 2.50. The second kappa shape index (κ2) is 7.90. The standard InChI is InChI=1S/C16H27N3O/c1-6-13(3)19(5)10-9-18-16(20)14-11-12(2)7-8-15(14)17-4/h7-8,11,13,17H,6,9-10H2,1-5H3,(H,18,20). The minimum absolute atomic E-state index is 0.0180. The number of carbonyl (C=O) groups is 1. The summed E-state index contributed by atoms with van der Waals surface area (Å²) in [7, 11) is 3.92. The monoisotopic (exact) mass is 277 g/mol. The van der Waals surface area contributed by atoms with Crippen LogP contribution in [0.3, 0.4) is 0 Å². The highest BCUT2D eigenvalue weighted by molar-refractivity contribution is 5.99. The molecule has 1 aromatic carbocycles. The number of likely N-dealkylation sites (N-methyl/N-ethyl adjacent to an activating group) is 1. The van der Waals surface area contributed by atoms with E-state index in [0.717, 1.165) is 24.2 Å². The maximum atomic E-state index is 12.2. The Hall–Kier alpha value is -1.55. The molecule has 0 spiro atoms. The summed E-state index contributed by atoms with van der Waals surface area (Å²) in [4.78, 5) is 14.5. The number of nitrogens with zero attached hydrogens (tertiary/aromatic N) is 1. The number of rotatable bonds is 7. The quantitative estimate of drug-likeness (QED) is 0.805. The molecule has 1 rings (SSSR count). The van der Waals surface area contributed by atoms with E-state index in [-0.39, 0.29) is 5.91 Å². The van der Waals surface area contributed by atoms with Crippen LogP contribution in [0, 0.1) is 6.92 Å². The fourth-order valence-electron chi connectivity index (χ4n) is 2.04. The van der Waals surface area contributed by atoms with Gasteiger partial charge in [-0.3, -0.25) is 4.79 Å². The number of hydrogen-bond donors (Lipinski definition) is 2. The first-order valence-corrected chi connectivity index (χ1v) is 7.26. The first kappa shape index (κ1) is 16.5. The van der Waals surface area contributed by atoms with E-state index in [4.69, 9.17) is 0 Å². The van der Waals surface area contributed by atoms with Gasteiger partial charge in [0.1, 0.15) is 0 Å². The summed E-state index contributed by atoms with van der Waals surface area (Å²) in [6.45, 7) is 7.89. The van der Waals surface area contributed by atoms with Crippen LogP contribution < -0.4 is 10.6 Å². The molecule has 2 N–H and O–H groups in total. The van der Waals surface area contributed by atoms with E-state index in [1.807, 2.05) is 32.2 Å². The van der Waals surface area contributed by atoms with Crippen LogP contribution in [0.1, 0.15) is 36.2 Å². The van der Waals surface area contributed by atoms with Crippen molar-refractivity contribution < 1.29 is 4.79 Å². The molecule has 0 radical (unpaired) electrons. The summed E-state index contributed by atoms with van der Waals surface area (Å²) >= 11 is 0. The molecule has 1 aromatic rings. The zero-order valence-corrected chi connectivity index (χ0v) is 13.3. The summed E-state index contributed by atoms with van der Waals surface area (Å²) in [5, 5.41) is 6.05. The van der Waals surface area contributed by atoms with Gasteiger partial charge in [0, 0.05) is 31.9 Å². The minimum atomic E-state index is -0.0180. The number of hydrogen-bond acceptors (Lipinski definition) is 3. The zero-order valence-electron chi connectivity index (χ0n) is 13.3. The zero-order chi connectivity index (χ0) is 15.1. The summed E-state index contributed by atoms with van der Waals surface area (Å²) in [6, 6.07) is 6.40. The first-order valence-electron chi connectivity index (χ1n) is 7.26. The van der Waals surface area contributed by atoms with Gasteiger partial charge in [-0.1, -0.05) is 18.6 Å². The largest absolute Gasteiger partial charge is 0.387 e. The van der Waals surface area contributed by atoms with Crippen molar-refractivity contribution >= 4 is 11.6 Å². The van der Waals surface area contributed by atoms with Gasteiger partial charge in [-0.2, -0.15) is 0 Å². The van der Waals surface area contributed by atoms with Crippen molar-refractivity contribution in [2.75, 3.05) is 32.5 Å². The van der Waals surface area contributed by atoms with Crippen molar-refractivity contribution in [1.29, 1.82) is 0 Å². The van der Waals surface area contributed by atoms with E-state index >= 15 is 0 Å². The number of aryl methyl sites for hydroxylation is 1. The van der Waals surface area contributed by atoms with Crippen LogP contribution in [-0.4, -0.2) is 44.0 Å². The summed E-state index contributed by atoms with van der Waals surface area (Å²) in [5.74, 6) is -0.0180. The van der Waals surface area contributed by atoms with Crippen molar-refractivity contribution in [2.45, 2.75) is 33.2 Å². The van der Waals surface area contributed by atoms with E-state index < -0.39 is 0 Å². The van der Waals surface area contributed by atoms with Crippen molar-refractivity contribution in [1.82, 2.24) is 10.2 Å². The number of anilines is 1. The average Bonchev–Trinajstić information content (AvgIpc) is 2.45. The van der Waals surface area contributed by atoms with Gasteiger partial charge in [-0.15, -0.1) is 0 Å². The third-order valence-corrected chi connectivity index (χ3v) is 3.78. The number of amides is 1. The van der Waals surface area contributed by atoms with Gasteiger partial charge < -0.3 is 15.5 Å². The van der Waals surface area contributed by atoms with Crippen LogP contribution in [0.25, 0.3) is 0 Å². The van der Waals surface area contributed by atoms with Gasteiger partial charge in [-0.25, -0.2) is 0 Å². The fraction of sp³-hybridized carbons (Fsp3) is 0.562. The van der Waals surface area contributed by atoms with Crippen LogP contribution in [-0.2, 0) is 0 Å². The predicted molar refractivity (Wildman–Crippen MR) is 85.4 cm³/mol. The lowest BCUT2D eigenvalue weighted by molar-refractivity contribution is 0.0948. The number of nitrogens with one attached hydrogen (secondary N) is 2. The molecule has 0 aliphatic rings. The molecule has 1 amide bonds. The van der Waals surface area contributed by atoms with E-state index in [9.17, 15) is 4.79 Å². The smallest absolute Gasteiger partial charge is 0.253 e. The lowest BCUT2D eigenvalue weighted by Crippen LogP contribution is -2.37. The molecule has 1 atom stereocenters. The van der Waals surface area contributed by atoms with E-state index in [2.05, 4.69) is 36.4 Å². The minimum Gasteiger partial charge on any atom is -0.387 e. The van der Waals surface area contributed by atoms with E-state index in [0.29, 0.717) is 18.2 Å². The Labute approximate surface area is 122 Å². The maximum absolute atomic E-state index is 12.2. The normalized spacial score (nSPS) is 12.3. The Morgan fingerprint density at radius 1 is 1.40 bits per heavy atom. The number of carbonyl (C=O) groups excluding carboxylic acids is 1. The summed E-state index contributed by atoms with van der Waals surface area (Å²) in [5.41, 5.74) is 2.66. The molecule has 0 heterocycles. The molecule has 0 aliphatic heterocycles. The molecule has 20 heavy (non-hydrogen) atoms. The fourth-order valence-corrected chi connectivity index (χ4v) is 2.04. The van der Waals surface area contributed by atoms with Gasteiger partial charge >= 0.3 is 0 Å². The molecule has 4 heteroatoms. The third kappa shape index (κ3) is 4.53. The Bertz CT molecular complexity index is 445. The van der Waals surface area contributed by atoms with Crippen molar-refractivity contribution in [3.63, 3.8) is 0 Å². The van der Waals surface area contributed by atoms with Gasteiger partial charge in [0.15, 0.2) is 0 Å². The lowest BCUT2D eigenvalue weighted by Gasteiger charge is -2.23. The van der Waals surface area contributed by atoms with Crippen molar-refractivity contribution in [2.24, 2.45) is 0 Å². The highest BCUT2D eigenvalue weighted by Gasteiger charge is 2.11. The van der Waals surface area contributed by atoms with Gasteiger partial charge in [-0.05, 0) is 39.4 Å². The third-order valence-electron chi connectivity index (χ3n) is 3.78. The van der Waals surface area contributed by atoms with Crippen LogP contribution in [0.2, 0.25) is 0 Å². The Kier molecular flexibility index (Phi) is 6.52. The molecule has 0 aliphatic carbocycles. The topological polar surface area (TPSA) is 44.4 Å². The highest BCUT2D eigenvalue weighted by atomic mass is 16.1. The van der Waals surface area contributed by atoms with Crippen molar-refractivity contribution in [3.8, 4) is 0 Å². The first-order chi connectivity index (χ1) is 9.49. The molecular weight excluding hydrogens is 250 g/mol. The molecule has 1 unspecified atom stereocenters. The summed E-state index contributed by atoms with van der Waals surface area (Å²) in [6.07, 6.45) is 1.12. The Balaban J connectivity index is 2.57.